The van der Waals surface area contributed by atoms with Gasteiger partial charge in [0.1, 0.15) is 5.75 Å². The number of anilines is 6. The first-order valence-corrected chi connectivity index (χ1v) is 22.2. The SMILES string of the molecule is Cc1ccc(C)c(OCCC(C)CCCC(C)C)c1.Cc1ccc(N(c2ccccc2)c2ccc(-c3ccc(N(c4ccccc4)c4ccc(C)c(C)c4)cc3)cc2)cc1C. The number of rotatable bonds is 15. The molecule has 0 aliphatic carbocycles. The standard InChI is InChI=1S/C40H36N2.C18H30O/c1-29-15-21-39(27-31(29)3)41(35-11-7-5-8-12-35)37-23-17-33(18-24-37)34-19-25-38(26-20-34)42(36-13-9-6-10-14-36)40-22-16-30(2)32(4)28-40;1-14(2)7-6-8-15(3)11-12-19-18-13-16(4)9-10-17(18)5/h5-28H,1-4H3;9-10,13-15H,6-8,11-12H2,1-5H3. The molecular weight excluding hydrogens is 741 g/mol. The lowest BCUT2D eigenvalue weighted by molar-refractivity contribution is 0.274. The molecule has 3 nitrogen and oxygen atoms in total. The Labute approximate surface area is 367 Å². The molecule has 1 atom stereocenters. The van der Waals surface area contributed by atoms with E-state index in [4.69, 9.17) is 4.74 Å². The summed E-state index contributed by atoms with van der Waals surface area (Å²) in [6.45, 7) is 20.7. The summed E-state index contributed by atoms with van der Waals surface area (Å²) in [5.41, 5.74) is 16.9. The van der Waals surface area contributed by atoms with Gasteiger partial charge in [0.05, 0.1) is 6.61 Å². The van der Waals surface area contributed by atoms with E-state index in [2.05, 4.69) is 236 Å². The molecule has 314 valence electrons. The highest BCUT2D eigenvalue weighted by Crippen LogP contribution is 2.38. The lowest BCUT2D eigenvalue weighted by atomic mass is 9.98. The third-order valence-corrected chi connectivity index (χ3v) is 11.8. The molecule has 0 saturated carbocycles. The number of aryl methyl sites for hydroxylation is 6. The van der Waals surface area contributed by atoms with Crippen LogP contribution in [0.2, 0.25) is 0 Å². The van der Waals surface area contributed by atoms with Crippen LogP contribution in [0.4, 0.5) is 34.1 Å². The molecule has 1 unspecified atom stereocenters. The van der Waals surface area contributed by atoms with Gasteiger partial charge in [0, 0.05) is 34.1 Å². The maximum absolute atomic E-state index is 5.92. The highest BCUT2D eigenvalue weighted by Gasteiger charge is 2.15. The summed E-state index contributed by atoms with van der Waals surface area (Å²) < 4.78 is 5.92. The van der Waals surface area contributed by atoms with Crippen LogP contribution in [0.3, 0.4) is 0 Å². The monoisotopic (exact) mass is 807 g/mol. The van der Waals surface area contributed by atoms with E-state index >= 15 is 0 Å². The predicted molar refractivity (Wildman–Crippen MR) is 264 cm³/mol. The Kier molecular flexibility index (Phi) is 15.6. The molecule has 7 aromatic rings. The molecular formula is C58H66N2O. The van der Waals surface area contributed by atoms with E-state index in [1.807, 2.05) is 0 Å². The van der Waals surface area contributed by atoms with Crippen LogP contribution in [0.15, 0.2) is 164 Å². The van der Waals surface area contributed by atoms with Gasteiger partial charge in [-0.3, -0.25) is 0 Å². The Morgan fingerprint density at radius 1 is 0.393 bits per heavy atom. The van der Waals surface area contributed by atoms with Crippen LogP contribution in [-0.4, -0.2) is 6.61 Å². The van der Waals surface area contributed by atoms with Gasteiger partial charge in [0.25, 0.3) is 0 Å². The van der Waals surface area contributed by atoms with Gasteiger partial charge in [-0.2, -0.15) is 0 Å². The van der Waals surface area contributed by atoms with Crippen molar-refractivity contribution in [2.24, 2.45) is 11.8 Å². The molecule has 0 heterocycles. The van der Waals surface area contributed by atoms with E-state index in [1.165, 1.54) is 63.8 Å². The van der Waals surface area contributed by atoms with Crippen LogP contribution in [0.25, 0.3) is 11.1 Å². The third kappa shape index (κ3) is 12.3. The van der Waals surface area contributed by atoms with E-state index < -0.39 is 0 Å². The summed E-state index contributed by atoms with van der Waals surface area (Å²) in [6, 6.07) is 58.7. The fraction of sp³-hybridized carbons (Fsp3) is 0.276. The van der Waals surface area contributed by atoms with E-state index in [1.54, 1.807) is 0 Å². The maximum atomic E-state index is 5.92. The summed E-state index contributed by atoms with van der Waals surface area (Å²) in [5, 5.41) is 0. The third-order valence-electron chi connectivity index (χ3n) is 11.8. The summed E-state index contributed by atoms with van der Waals surface area (Å²) in [5.74, 6) is 2.65. The maximum Gasteiger partial charge on any atom is 0.122 e. The Bertz CT molecular complexity index is 2280. The van der Waals surface area contributed by atoms with E-state index in [0.717, 1.165) is 64.7 Å². The Hall–Kier alpha value is -6.06. The van der Waals surface area contributed by atoms with Crippen LogP contribution in [0.1, 0.15) is 79.8 Å². The summed E-state index contributed by atoms with van der Waals surface area (Å²) in [7, 11) is 0. The molecule has 0 aliphatic rings. The molecule has 0 radical (unpaired) electrons. The predicted octanol–water partition coefficient (Wildman–Crippen LogP) is 17.1. The van der Waals surface area contributed by atoms with Gasteiger partial charge in [-0.1, -0.05) is 125 Å². The zero-order valence-corrected chi connectivity index (χ0v) is 38.1. The Morgan fingerprint density at radius 3 is 1.26 bits per heavy atom. The first-order valence-electron chi connectivity index (χ1n) is 22.2. The van der Waals surface area contributed by atoms with Crippen molar-refractivity contribution in [3.63, 3.8) is 0 Å². The molecule has 0 fully saturated rings. The minimum Gasteiger partial charge on any atom is -0.493 e. The van der Waals surface area contributed by atoms with Gasteiger partial charge < -0.3 is 14.5 Å². The van der Waals surface area contributed by atoms with Crippen molar-refractivity contribution < 1.29 is 4.74 Å². The molecule has 7 rings (SSSR count). The number of ether oxygens (including phenoxy) is 1. The van der Waals surface area contributed by atoms with Crippen molar-refractivity contribution >= 4 is 34.1 Å². The highest BCUT2D eigenvalue weighted by atomic mass is 16.5. The van der Waals surface area contributed by atoms with Crippen molar-refractivity contribution in [1.29, 1.82) is 0 Å². The van der Waals surface area contributed by atoms with E-state index in [-0.39, 0.29) is 0 Å². The number of nitrogens with zero attached hydrogens (tertiary/aromatic N) is 2. The minimum absolute atomic E-state index is 0.767. The van der Waals surface area contributed by atoms with Gasteiger partial charge in [-0.05, 0) is 183 Å². The van der Waals surface area contributed by atoms with Crippen LogP contribution in [-0.2, 0) is 0 Å². The van der Waals surface area contributed by atoms with E-state index in [0.29, 0.717) is 0 Å². The molecule has 7 aromatic carbocycles. The van der Waals surface area contributed by atoms with Gasteiger partial charge in [0.2, 0.25) is 0 Å². The average Bonchev–Trinajstić information content (AvgIpc) is 3.26. The molecule has 3 heteroatoms. The lowest BCUT2D eigenvalue weighted by Gasteiger charge is -2.27. The van der Waals surface area contributed by atoms with E-state index in [9.17, 15) is 0 Å². The van der Waals surface area contributed by atoms with Crippen LogP contribution >= 0.6 is 0 Å². The van der Waals surface area contributed by atoms with Crippen LogP contribution < -0.4 is 14.5 Å². The molecule has 0 N–H and O–H groups in total. The minimum atomic E-state index is 0.767. The first kappa shape index (κ1) is 44.5. The highest BCUT2D eigenvalue weighted by molar-refractivity contribution is 5.81. The number of para-hydroxylation sites is 2. The summed E-state index contributed by atoms with van der Waals surface area (Å²) in [4.78, 5) is 4.64. The van der Waals surface area contributed by atoms with Gasteiger partial charge in [-0.15, -0.1) is 0 Å². The number of benzene rings is 7. The second kappa shape index (κ2) is 21.5. The molecule has 0 aromatic heterocycles. The smallest absolute Gasteiger partial charge is 0.122 e. The van der Waals surface area contributed by atoms with Crippen molar-refractivity contribution in [3.8, 4) is 16.9 Å². The number of hydrogen-bond acceptors (Lipinski definition) is 3. The van der Waals surface area contributed by atoms with Crippen molar-refractivity contribution in [3.05, 3.63) is 197 Å². The summed E-state index contributed by atoms with van der Waals surface area (Å²) >= 11 is 0. The molecule has 0 spiro atoms. The lowest BCUT2D eigenvalue weighted by Crippen LogP contribution is -2.10. The normalized spacial score (nSPS) is 11.4. The number of hydrogen-bond donors (Lipinski definition) is 0. The van der Waals surface area contributed by atoms with Crippen LogP contribution in [0.5, 0.6) is 5.75 Å². The zero-order chi connectivity index (χ0) is 43.3. The second-order valence-corrected chi connectivity index (χ2v) is 17.3. The topological polar surface area (TPSA) is 15.7 Å². The van der Waals surface area contributed by atoms with Crippen molar-refractivity contribution in [2.45, 2.75) is 88.0 Å². The molecule has 0 amide bonds. The van der Waals surface area contributed by atoms with Gasteiger partial charge >= 0.3 is 0 Å². The van der Waals surface area contributed by atoms with Crippen molar-refractivity contribution in [1.82, 2.24) is 0 Å². The second-order valence-electron chi connectivity index (χ2n) is 17.3. The van der Waals surface area contributed by atoms with Crippen LogP contribution in [0, 0.1) is 53.4 Å². The van der Waals surface area contributed by atoms with Gasteiger partial charge in [0.15, 0.2) is 0 Å². The fourth-order valence-electron chi connectivity index (χ4n) is 7.64. The van der Waals surface area contributed by atoms with Gasteiger partial charge in [-0.25, -0.2) is 0 Å². The molecule has 0 bridgehead atoms. The average molecular weight is 807 g/mol. The molecule has 61 heavy (non-hydrogen) atoms. The zero-order valence-electron chi connectivity index (χ0n) is 38.1. The largest absolute Gasteiger partial charge is 0.493 e. The molecule has 0 saturated heterocycles. The quantitative estimate of drug-likeness (QED) is 0.103. The van der Waals surface area contributed by atoms with Crippen molar-refractivity contribution in [2.75, 3.05) is 16.4 Å². The summed E-state index contributed by atoms with van der Waals surface area (Å²) in [6.07, 6.45) is 5.18. The fourth-order valence-corrected chi connectivity index (χ4v) is 7.64. The first-order chi connectivity index (χ1) is 29.5. The molecule has 0 aliphatic heterocycles. The Morgan fingerprint density at radius 2 is 0.820 bits per heavy atom. The Balaban J connectivity index is 0.000000276.